The largest absolute Gasteiger partial charge is 0.497 e. The van der Waals surface area contributed by atoms with Gasteiger partial charge in [-0.2, -0.15) is 5.26 Å². The maximum Gasteiger partial charge on any atom is 0.273 e. The summed E-state index contributed by atoms with van der Waals surface area (Å²) < 4.78 is 5.22. The molecule has 2 aromatic carbocycles. The fourth-order valence-electron chi connectivity index (χ4n) is 3.94. The third kappa shape index (κ3) is 4.05. The van der Waals surface area contributed by atoms with Gasteiger partial charge in [0, 0.05) is 23.2 Å². The highest BCUT2D eigenvalue weighted by Gasteiger charge is 2.52. The fourth-order valence-corrected chi connectivity index (χ4v) is 3.94. The molecule has 0 radical (unpaired) electrons. The van der Waals surface area contributed by atoms with Gasteiger partial charge in [-0.25, -0.2) is 0 Å². The average molecular weight is 423 g/mol. The van der Waals surface area contributed by atoms with Crippen molar-refractivity contribution in [2.45, 2.75) is 18.0 Å². The molecule has 3 atom stereocenters. The molecule has 0 bridgehead atoms. The van der Waals surface area contributed by atoms with Crippen LogP contribution in [0.4, 0.5) is 0 Å². The van der Waals surface area contributed by atoms with Crippen LogP contribution in [0.2, 0.25) is 0 Å². The van der Waals surface area contributed by atoms with E-state index in [1.807, 2.05) is 48.5 Å². The molecule has 0 saturated carbocycles. The Bertz CT molecular complexity index is 1210. The second-order valence-electron chi connectivity index (χ2n) is 7.38. The number of carbonyl (C=O) groups excluding carboxylic acids is 1. The van der Waals surface area contributed by atoms with E-state index in [0.717, 1.165) is 22.4 Å². The van der Waals surface area contributed by atoms with Crippen LogP contribution in [0, 0.1) is 23.2 Å². The smallest absolute Gasteiger partial charge is 0.273 e. The highest BCUT2D eigenvalue weighted by Crippen LogP contribution is 2.41. The summed E-state index contributed by atoms with van der Waals surface area (Å²) >= 11 is 0. The molecule has 32 heavy (non-hydrogen) atoms. The van der Waals surface area contributed by atoms with Gasteiger partial charge in [0.25, 0.3) is 5.91 Å². The number of benzene rings is 2. The lowest BCUT2D eigenvalue weighted by Gasteiger charge is -2.51. The summed E-state index contributed by atoms with van der Waals surface area (Å²) in [5.41, 5.74) is 2.81. The Morgan fingerprint density at radius 2 is 1.88 bits per heavy atom. The van der Waals surface area contributed by atoms with Crippen LogP contribution in [0.1, 0.15) is 33.1 Å². The van der Waals surface area contributed by atoms with Gasteiger partial charge in [-0.3, -0.25) is 9.78 Å². The van der Waals surface area contributed by atoms with Crippen molar-refractivity contribution in [3.05, 3.63) is 95.3 Å². The third-order valence-corrected chi connectivity index (χ3v) is 5.57. The third-order valence-electron chi connectivity index (χ3n) is 5.57. The van der Waals surface area contributed by atoms with Crippen LogP contribution in [-0.2, 0) is 0 Å². The van der Waals surface area contributed by atoms with Crippen LogP contribution in [0.25, 0.3) is 0 Å². The number of methoxy groups -OCH3 is 1. The number of carbonyl (C=O) groups is 1. The maximum absolute atomic E-state index is 12.8. The van der Waals surface area contributed by atoms with Crippen molar-refractivity contribution in [2.24, 2.45) is 0 Å². The number of nitriles is 1. The number of aliphatic hydroxyl groups excluding tert-OH is 1. The lowest BCUT2D eigenvalue weighted by atomic mass is 9.75. The number of pyridine rings is 1. The number of amides is 1. The summed E-state index contributed by atoms with van der Waals surface area (Å²) in [5, 5.41) is 19.7. The molecule has 0 spiro atoms. The summed E-state index contributed by atoms with van der Waals surface area (Å²) in [6, 6.07) is 21.2. The van der Waals surface area contributed by atoms with E-state index in [9.17, 15) is 15.2 Å². The number of likely N-dealkylation sites (tertiary alicyclic amines) is 1. The number of rotatable bonds is 4. The first-order valence-corrected chi connectivity index (χ1v) is 10.2. The van der Waals surface area contributed by atoms with Gasteiger partial charge >= 0.3 is 0 Å². The molecule has 3 aromatic rings. The first kappa shape index (κ1) is 21.1. The lowest BCUT2D eigenvalue weighted by Crippen LogP contribution is -2.65. The van der Waals surface area contributed by atoms with Gasteiger partial charge in [-0.1, -0.05) is 36.1 Å². The van der Waals surface area contributed by atoms with Crippen molar-refractivity contribution in [1.82, 2.24) is 9.88 Å². The minimum atomic E-state index is -0.671. The molecule has 158 valence electrons. The van der Waals surface area contributed by atoms with Crippen molar-refractivity contribution in [3.8, 4) is 23.7 Å². The van der Waals surface area contributed by atoms with E-state index in [2.05, 4.69) is 22.9 Å². The number of aliphatic hydroxyl groups is 1. The van der Waals surface area contributed by atoms with Crippen molar-refractivity contribution in [1.29, 1.82) is 5.26 Å². The Balaban J connectivity index is 1.53. The topological polar surface area (TPSA) is 86.5 Å². The summed E-state index contributed by atoms with van der Waals surface area (Å²) in [5.74, 6) is 6.35. The van der Waals surface area contributed by atoms with E-state index in [-0.39, 0.29) is 24.1 Å². The highest BCUT2D eigenvalue weighted by atomic mass is 16.5. The molecule has 6 nitrogen and oxygen atoms in total. The zero-order valence-electron chi connectivity index (χ0n) is 17.5. The SMILES string of the molecule is COc1cccc(C#Cc2ccc([C@H]3[C@@H](C#N)N(C(=O)c4ccccn4)[C@@H]3CO)cc2)c1. The fraction of sp³-hybridized carbons (Fsp3) is 0.192. The van der Waals surface area contributed by atoms with Gasteiger partial charge in [-0.05, 0) is 48.0 Å². The van der Waals surface area contributed by atoms with Crippen molar-refractivity contribution in [3.63, 3.8) is 0 Å². The Hall–Kier alpha value is -4.13. The van der Waals surface area contributed by atoms with Crippen LogP contribution in [0.5, 0.6) is 5.75 Å². The van der Waals surface area contributed by atoms with Gasteiger partial charge in [0.2, 0.25) is 0 Å². The molecule has 1 fully saturated rings. The summed E-state index contributed by atoms with van der Waals surface area (Å²) in [6.07, 6.45) is 1.53. The number of aromatic nitrogens is 1. The van der Waals surface area contributed by atoms with Crippen LogP contribution in [0.15, 0.2) is 72.9 Å². The Morgan fingerprint density at radius 1 is 1.09 bits per heavy atom. The maximum atomic E-state index is 12.8. The van der Waals surface area contributed by atoms with Gasteiger partial charge in [0.1, 0.15) is 17.5 Å². The van der Waals surface area contributed by atoms with Crippen molar-refractivity contribution < 1.29 is 14.6 Å². The summed E-state index contributed by atoms with van der Waals surface area (Å²) in [7, 11) is 1.62. The standard InChI is InChI=1S/C26H21N3O3/c1-32-21-6-4-5-19(15-21)9-8-18-10-12-20(13-11-18)25-23(16-27)29(24(25)17-30)26(31)22-7-2-3-14-28-22/h2-7,10-15,23-25,30H,17H2,1H3/t23-,24-,25+/m1/s1. The second-order valence-corrected chi connectivity index (χ2v) is 7.38. The second kappa shape index (κ2) is 9.34. The minimum Gasteiger partial charge on any atom is -0.497 e. The number of hydrogen-bond donors (Lipinski definition) is 1. The van der Waals surface area contributed by atoms with Crippen molar-refractivity contribution >= 4 is 5.91 Å². The van der Waals surface area contributed by atoms with Crippen LogP contribution >= 0.6 is 0 Å². The van der Waals surface area contributed by atoms with Gasteiger partial charge < -0.3 is 14.7 Å². The van der Waals surface area contributed by atoms with Crippen LogP contribution in [-0.4, -0.2) is 46.7 Å². The predicted octanol–water partition coefficient (Wildman–Crippen LogP) is 2.98. The molecular formula is C26H21N3O3. The first-order chi connectivity index (χ1) is 15.7. The van der Waals surface area contributed by atoms with E-state index in [4.69, 9.17) is 4.74 Å². The molecule has 1 N–H and O–H groups in total. The molecule has 1 aliphatic rings. The molecule has 0 unspecified atom stereocenters. The Kier molecular flexibility index (Phi) is 6.17. The molecule has 6 heteroatoms. The zero-order valence-corrected chi connectivity index (χ0v) is 17.5. The van der Waals surface area contributed by atoms with Gasteiger partial charge in [-0.15, -0.1) is 0 Å². The molecule has 0 aliphatic carbocycles. The predicted molar refractivity (Wildman–Crippen MR) is 119 cm³/mol. The molecule has 1 amide bonds. The molecule has 1 aliphatic heterocycles. The highest BCUT2D eigenvalue weighted by molar-refractivity contribution is 5.94. The van der Waals surface area contributed by atoms with E-state index in [1.54, 1.807) is 25.3 Å². The Labute approximate surface area is 186 Å². The zero-order chi connectivity index (χ0) is 22.5. The number of hydrogen-bond acceptors (Lipinski definition) is 5. The van der Waals surface area contributed by atoms with Crippen LogP contribution < -0.4 is 4.74 Å². The quantitative estimate of drug-likeness (QED) is 0.652. The number of ether oxygens (including phenoxy) is 1. The Morgan fingerprint density at radius 3 is 2.53 bits per heavy atom. The van der Waals surface area contributed by atoms with E-state index in [0.29, 0.717) is 0 Å². The minimum absolute atomic E-state index is 0.237. The first-order valence-electron chi connectivity index (χ1n) is 10.2. The van der Waals surface area contributed by atoms with Crippen LogP contribution in [0.3, 0.4) is 0 Å². The molecule has 1 saturated heterocycles. The molecular weight excluding hydrogens is 402 g/mol. The van der Waals surface area contributed by atoms with Gasteiger partial charge in [0.15, 0.2) is 0 Å². The normalized spacial score (nSPS) is 19.2. The molecule has 4 rings (SSSR count). The molecule has 1 aromatic heterocycles. The summed E-state index contributed by atoms with van der Waals surface area (Å²) in [4.78, 5) is 18.3. The van der Waals surface area contributed by atoms with E-state index >= 15 is 0 Å². The monoisotopic (exact) mass is 423 g/mol. The van der Waals surface area contributed by atoms with Gasteiger partial charge in [0.05, 0.1) is 25.8 Å². The lowest BCUT2D eigenvalue weighted by molar-refractivity contribution is -0.00629. The molecule has 2 heterocycles. The summed E-state index contributed by atoms with van der Waals surface area (Å²) in [6.45, 7) is -0.237. The average Bonchev–Trinajstić information content (AvgIpc) is 2.84. The van der Waals surface area contributed by atoms with E-state index in [1.165, 1.54) is 11.1 Å². The number of nitrogens with zero attached hydrogens (tertiary/aromatic N) is 3. The van der Waals surface area contributed by atoms with E-state index < -0.39 is 12.1 Å². The van der Waals surface area contributed by atoms with Crippen molar-refractivity contribution in [2.75, 3.05) is 13.7 Å².